The van der Waals surface area contributed by atoms with Crippen molar-refractivity contribution in [1.82, 2.24) is 5.32 Å². The fraction of sp³-hybridized carbons (Fsp3) is 0.200. The van der Waals surface area contributed by atoms with E-state index in [1.807, 2.05) is 0 Å². The van der Waals surface area contributed by atoms with E-state index in [9.17, 15) is 9.59 Å². The molecule has 0 bridgehead atoms. The predicted octanol–water partition coefficient (Wildman–Crippen LogP) is 0.621. The highest BCUT2D eigenvalue weighted by atomic mass is 16.5. The Morgan fingerprint density at radius 1 is 1.29 bits per heavy atom. The van der Waals surface area contributed by atoms with Crippen LogP contribution in [0.3, 0.4) is 0 Å². The Kier molecular flexibility index (Phi) is 1.96. The van der Waals surface area contributed by atoms with Gasteiger partial charge in [0.15, 0.2) is 5.78 Å². The van der Waals surface area contributed by atoms with Crippen LogP contribution in [0.1, 0.15) is 20.7 Å². The number of fused-ring (bicyclic) bond motifs is 1. The molecule has 0 saturated heterocycles. The van der Waals surface area contributed by atoms with Crippen LogP contribution >= 0.6 is 0 Å². The van der Waals surface area contributed by atoms with Crippen molar-refractivity contribution in [3.63, 3.8) is 0 Å². The largest absolute Gasteiger partial charge is 0.497 e. The minimum atomic E-state index is -0.224. The highest BCUT2D eigenvalue weighted by Gasteiger charge is 2.23. The van der Waals surface area contributed by atoms with Gasteiger partial charge in [0.1, 0.15) is 5.75 Å². The molecule has 1 N–H and O–H groups in total. The molecule has 2 rings (SSSR count). The molecule has 4 heteroatoms. The molecule has 0 fully saturated rings. The normalized spacial score (nSPS) is 14.6. The maximum Gasteiger partial charge on any atom is 0.252 e. The second-order valence-corrected chi connectivity index (χ2v) is 3.02. The number of Topliss-reactive ketones (excluding diaryl/α,β-unsaturated/α-hetero) is 1. The molecule has 1 aromatic rings. The number of carbonyl (C=O) groups excluding carboxylic acids is 2. The molecule has 1 aromatic carbocycles. The van der Waals surface area contributed by atoms with E-state index in [-0.39, 0.29) is 18.2 Å². The molecule has 0 spiro atoms. The van der Waals surface area contributed by atoms with Crippen LogP contribution in [0.2, 0.25) is 0 Å². The lowest BCUT2D eigenvalue weighted by Gasteiger charge is -2.15. The van der Waals surface area contributed by atoms with E-state index < -0.39 is 0 Å². The summed E-state index contributed by atoms with van der Waals surface area (Å²) >= 11 is 0. The molecular weight excluding hydrogens is 182 g/mol. The van der Waals surface area contributed by atoms with Crippen molar-refractivity contribution in [2.24, 2.45) is 0 Å². The predicted molar refractivity (Wildman–Crippen MR) is 49.7 cm³/mol. The summed E-state index contributed by atoms with van der Waals surface area (Å²) in [5.74, 6) is 0.286. The number of benzene rings is 1. The first kappa shape index (κ1) is 8.74. The number of methoxy groups -OCH3 is 1. The molecule has 72 valence electrons. The van der Waals surface area contributed by atoms with Crippen molar-refractivity contribution in [3.05, 3.63) is 29.3 Å². The van der Waals surface area contributed by atoms with Crippen LogP contribution in [0.25, 0.3) is 0 Å². The summed E-state index contributed by atoms with van der Waals surface area (Å²) in [6, 6.07) is 4.87. The molecule has 0 aromatic heterocycles. The third kappa shape index (κ3) is 1.25. The number of hydrogen-bond donors (Lipinski definition) is 1. The molecule has 0 saturated carbocycles. The number of hydrogen-bond acceptors (Lipinski definition) is 3. The first-order chi connectivity index (χ1) is 6.72. The van der Waals surface area contributed by atoms with Gasteiger partial charge in [-0.3, -0.25) is 9.59 Å². The van der Waals surface area contributed by atoms with E-state index in [1.165, 1.54) is 7.11 Å². The summed E-state index contributed by atoms with van der Waals surface area (Å²) in [7, 11) is 1.52. The quantitative estimate of drug-likeness (QED) is 0.708. The first-order valence-electron chi connectivity index (χ1n) is 4.22. The van der Waals surface area contributed by atoms with Crippen LogP contribution in [0, 0.1) is 0 Å². The van der Waals surface area contributed by atoms with Crippen molar-refractivity contribution < 1.29 is 14.3 Å². The standard InChI is InChI=1S/C10H9NO3/c1-14-6-2-3-7-8(4-6)10(13)11-5-9(7)12/h2-4H,5H2,1H3,(H,11,13). The van der Waals surface area contributed by atoms with Crippen molar-refractivity contribution >= 4 is 11.7 Å². The van der Waals surface area contributed by atoms with Gasteiger partial charge in [-0.15, -0.1) is 0 Å². The SMILES string of the molecule is COc1ccc2c(c1)C(=O)NCC2=O. The molecule has 1 aliphatic heterocycles. The van der Waals surface area contributed by atoms with E-state index in [1.54, 1.807) is 18.2 Å². The Balaban J connectivity index is 2.56. The Bertz CT molecular complexity index is 412. The topological polar surface area (TPSA) is 55.4 Å². The zero-order chi connectivity index (χ0) is 10.1. The van der Waals surface area contributed by atoms with Crippen LogP contribution in [-0.2, 0) is 0 Å². The smallest absolute Gasteiger partial charge is 0.252 e. The molecule has 0 radical (unpaired) electrons. The average Bonchev–Trinajstić information content (AvgIpc) is 2.23. The Labute approximate surface area is 80.9 Å². The highest BCUT2D eigenvalue weighted by molar-refractivity contribution is 6.13. The monoisotopic (exact) mass is 191 g/mol. The Morgan fingerprint density at radius 2 is 2.07 bits per heavy atom. The summed E-state index contributed by atoms with van der Waals surface area (Å²) < 4.78 is 4.97. The molecule has 4 nitrogen and oxygen atoms in total. The van der Waals surface area contributed by atoms with Gasteiger partial charge < -0.3 is 10.1 Å². The van der Waals surface area contributed by atoms with Gasteiger partial charge in [-0.1, -0.05) is 0 Å². The molecular formula is C10H9NO3. The number of ether oxygens (including phenoxy) is 1. The van der Waals surface area contributed by atoms with Crippen LogP contribution in [0.5, 0.6) is 5.75 Å². The maximum absolute atomic E-state index is 11.4. The average molecular weight is 191 g/mol. The van der Waals surface area contributed by atoms with Gasteiger partial charge in [0.25, 0.3) is 5.91 Å². The molecule has 14 heavy (non-hydrogen) atoms. The summed E-state index contributed by atoms with van der Waals surface area (Å²) in [6.45, 7) is 0.0815. The molecule has 1 aliphatic rings. The zero-order valence-electron chi connectivity index (χ0n) is 7.66. The molecule has 0 atom stereocenters. The van der Waals surface area contributed by atoms with E-state index in [0.29, 0.717) is 16.9 Å². The van der Waals surface area contributed by atoms with Crippen LogP contribution < -0.4 is 10.1 Å². The van der Waals surface area contributed by atoms with Crippen molar-refractivity contribution in [1.29, 1.82) is 0 Å². The lowest BCUT2D eigenvalue weighted by atomic mass is 9.99. The van der Waals surface area contributed by atoms with E-state index >= 15 is 0 Å². The second kappa shape index (κ2) is 3.14. The number of ketones is 1. The molecule has 0 unspecified atom stereocenters. The van der Waals surface area contributed by atoms with Gasteiger partial charge in [-0.2, -0.15) is 0 Å². The van der Waals surface area contributed by atoms with Crippen molar-refractivity contribution in [2.75, 3.05) is 13.7 Å². The zero-order valence-corrected chi connectivity index (χ0v) is 7.66. The minimum Gasteiger partial charge on any atom is -0.497 e. The fourth-order valence-electron chi connectivity index (χ4n) is 1.43. The maximum atomic E-state index is 11.4. The second-order valence-electron chi connectivity index (χ2n) is 3.02. The van der Waals surface area contributed by atoms with E-state index in [4.69, 9.17) is 4.74 Å². The van der Waals surface area contributed by atoms with Crippen molar-refractivity contribution in [2.45, 2.75) is 0 Å². The first-order valence-corrected chi connectivity index (χ1v) is 4.22. The minimum absolute atomic E-state index is 0.0674. The summed E-state index contributed by atoms with van der Waals surface area (Å²) in [5.41, 5.74) is 0.857. The Morgan fingerprint density at radius 3 is 2.79 bits per heavy atom. The third-order valence-corrected chi connectivity index (χ3v) is 2.18. The lowest BCUT2D eigenvalue weighted by molar-refractivity contribution is 0.0877. The number of carbonyl (C=O) groups is 2. The number of amides is 1. The number of nitrogens with one attached hydrogen (secondary N) is 1. The van der Waals surface area contributed by atoms with Gasteiger partial charge >= 0.3 is 0 Å². The van der Waals surface area contributed by atoms with Crippen LogP contribution in [0.15, 0.2) is 18.2 Å². The molecule has 1 heterocycles. The van der Waals surface area contributed by atoms with Gasteiger partial charge in [0.2, 0.25) is 0 Å². The lowest BCUT2D eigenvalue weighted by Crippen LogP contribution is -2.36. The third-order valence-electron chi connectivity index (χ3n) is 2.18. The highest BCUT2D eigenvalue weighted by Crippen LogP contribution is 2.20. The summed E-state index contributed by atoms with van der Waals surface area (Å²) in [6.07, 6.45) is 0. The van der Waals surface area contributed by atoms with Gasteiger partial charge in [0.05, 0.1) is 19.2 Å². The van der Waals surface area contributed by atoms with E-state index in [0.717, 1.165) is 0 Å². The van der Waals surface area contributed by atoms with Crippen LogP contribution in [-0.4, -0.2) is 25.3 Å². The summed E-state index contributed by atoms with van der Waals surface area (Å²) in [5, 5.41) is 2.50. The van der Waals surface area contributed by atoms with Gasteiger partial charge in [-0.25, -0.2) is 0 Å². The van der Waals surface area contributed by atoms with Crippen molar-refractivity contribution in [3.8, 4) is 5.75 Å². The molecule has 0 aliphatic carbocycles. The fourth-order valence-corrected chi connectivity index (χ4v) is 1.43. The van der Waals surface area contributed by atoms with Gasteiger partial charge in [0, 0.05) is 5.56 Å². The number of rotatable bonds is 1. The van der Waals surface area contributed by atoms with E-state index in [2.05, 4.69) is 5.32 Å². The molecule has 1 amide bonds. The summed E-state index contributed by atoms with van der Waals surface area (Å²) in [4.78, 5) is 22.8. The van der Waals surface area contributed by atoms with Crippen LogP contribution in [0.4, 0.5) is 0 Å². The Hall–Kier alpha value is -1.84. The van der Waals surface area contributed by atoms with Gasteiger partial charge in [-0.05, 0) is 18.2 Å².